The topological polar surface area (TPSA) is 49.3 Å². The number of rotatable bonds is 5. The van der Waals surface area contributed by atoms with E-state index in [1.807, 2.05) is 41.5 Å². The Morgan fingerprint density at radius 3 is 2.52 bits per heavy atom. The molecule has 1 aliphatic rings. The summed E-state index contributed by atoms with van der Waals surface area (Å²) in [6.07, 6.45) is 0. The molecule has 0 aliphatic carbocycles. The molecule has 5 rings (SSSR count). The predicted octanol–water partition coefficient (Wildman–Crippen LogP) is 5.26. The van der Waals surface area contributed by atoms with Gasteiger partial charge in [-0.3, -0.25) is 9.69 Å². The second kappa shape index (κ2) is 9.00. The van der Waals surface area contributed by atoms with Crippen molar-refractivity contribution in [3.8, 4) is 20.5 Å². The van der Waals surface area contributed by atoms with Crippen LogP contribution in [0, 0.1) is 6.92 Å². The molecule has 1 amide bonds. The van der Waals surface area contributed by atoms with Crippen LogP contribution in [-0.2, 0) is 6.54 Å². The largest absolute Gasteiger partial charge is 0.335 e. The molecule has 1 fully saturated rings. The van der Waals surface area contributed by atoms with Gasteiger partial charge in [-0.05, 0) is 18.4 Å². The van der Waals surface area contributed by atoms with Crippen molar-refractivity contribution in [2.75, 3.05) is 26.2 Å². The molecule has 0 atom stereocenters. The standard InChI is InChI=1S/C23H22N4OS3/c1-16-20(31-22(24-16)19-8-5-13-29-19)23(28)27-11-9-26(10-12-27)14-18-15-30-21(25-18)17-6-3-2-4-7-17/h2-8,13,15H,9-12,14H2,1H3. The van der Waals surface area contributed by atoms with E-state index in [9.17, 15) is 4.79 Å². The Kier molecular flexibility index (Phi) is 5.95. The van der Waals surface area contributed by atoms with Crippen molar-refractivity contribution in [3.63, 3.8) is 0 Å². The molecule has 8 heteroatoms. The SMILES string of the molecule is Cc1nc(-c2cccs2)sc1C(=O)N1CCN(Cc2csc(-c3ccccc3)n2)CC1. The molecule has 4 heterocycles. The highest BCUT2D eigenvalue weighted by Gasteiger charge is 2.26. The van der Waals surface area contributed by atoms with Crippen LogP contribution in [0.5, 0.6) is 0 Å². The smallest absolute Gasteiger partial charge is 0.265 e. The fourth-order valence-electron chi connectivity index (χ4n) is 3.68. The van der Waals surface area contributed by atoms with Crippen molar-refractivity contribution in [1.29, 1.82) is 0 Å². The van der Waals surface area contributed by atoms with Crippen molar-refractivity contribution in [1.82, 2.24) is 19.8 Å². The number of aromatic nitrogens is 2. The quantitative estimate of drug-likeness (QED) is 0.402. The molecule has 0 N–H and O–H groups in total. The van der Waals surface area contributed by atoms with Crippen molar-refractivity contribution in [3.05, 3.63) is 69.5 Å². The van der Waals surface area contributed by atoms with E-state index in [1.54, 1.807) is 22.7 Å². The highest BCUT2D eigenvalue weighted by atomic mass is 32.1. The first-order valence-corrected chi connectivity index (χ1v) is 12.8. The fraction of sp³-hybridized carbons (Fsp3) is 0.261. The molecule has 1 aromatic carbocycles. The molecular formula is C23H22N4OS3. The maximum absolute atomic E-state index is 13.1. The van der Waals surface area contributed by atoms with E-state index < -0.39 is 0 Å². The van der Waals surface area contributed by atoms with Crippen molar-refractivity contribution in [2.24, 2.45) is 0 Å². The Morgan fingerprint density at radius 1 is 0.968 bits per heavy atom. The molecule has 1 saturated heterocycles. The molecule has 0 saturated carbocycles. The lowest BCUT2D eigenvalue weighted by molar-refractivity contribution is 0.0631. The van der Waals surface area contributed by atoms with Crippen LogP contribution < -0.4 is 0 Å². The number of aryl methyl sites for hydroxylation is 1. The van der Waals surface area contributed by atoms with Gasteiger partial charge in [-0.25, -0.2) is 9.97 Å². The van der Waals surface area contributed by atoms with Crippen molar-refractivity contribution < 1.29 is 4.79 Å². The number of carbonyl (C=O) groups is 1. The molecule has 31 heavy (non-hydrogen) atoms. The first-order valence-electron chi connectivity index (χ1n) is 10.2. The molecule has 1 aliphatic heterocycles. The van der Waals surface area contributed by atoms with Crippen molar-refractivity contribution in [2.45, 2.75) is 13.5 Å². The van der Waals surface area contributed by atoms with E-state index in [-0.39, 0.29) is 5.91 Å². The number of carbonyl (C=O) groups excluding carboxylic acids is 1. The van der Waals surface area contributed by atoms with Crippen molar-refractivity contribution >= 4 is 39.9 Å². The molecule has 0 radical (unpaired) electrons. The number of amides is 1. The van der Waals surface area contributed by atoms with Crippen LogP contribution in [-0.4, -0.2) is 51.9 Å². The van der Waals surface area contributed by atoms with E-state index in [0.717, 1.165) is 69.4 Å². The lowest BCUT2D eigenvalue weighted by Gasteiger charge is -2.34. The average Bonchev–Trinajstić information content (AvgIpc) is 3.56. The maximum Gasteiger partial charge on any atom is 0.265 e. The van der Waals surface area contributed by atoms with Crippen LogP contribution in [0.1, 0.15) is 21.1 Å². The van der Waals surface area contributed by atoms with Gasteiger partial charge in [0.05, 0.1) is 16.3 Å². The zero-order valence-electron chi connectivity index (χ0n) is 17.2. The Bertz CT molecular complexity index is 1160. The lowest BCUT2D eigenvalue weighted by Crippen LogP contribution is -2.48. The second-order valence-corrected chi connectivity index (χ2v) is 10.3. The van der Waals surface area contributed by atoms with Gasteiger partial charge in [0.15, 0.2) is 0 Å². The Labute approximate surface area is 193 Å². The number of hydrogen-bond donors (Lipinski definition) is 0. The highest BCUT2D eigenvalue weighted by molar-refractivity contribution is 7.22. The predicted molar refractivity (Wildman–Crippen MR) is 129 cm³/mol. The van der Waals surface area contributed by atoms with Gasteiger partial charge in [0.2, 0.25) is 0 Å². The van der Waals surface area contributed by atoms with Gasteiger partial charge in [0.1, 0.15) is 14.9 Å². The summed E-state index contributed by atoms with van der Waals surface area (Å²) < 4.78 is 0. The number of piperazine rings is 1. The molecule has 0 spiro atoms. The normalized spacial score (nSPS) is 14.8. The summed E-state index contributed by atoms with van der Waals surface area (Å²) in [7, 11) is 0. The first-order chi connectivity index (χ1) is 15.2. The van der Waals surface area contributed by atoms with Crippen LogP contribution in [0.25, 0.3) is 20.5 Å². The molecule has 158 valence electrons. The minimum absolute atomic E-state index is 0.109. The third-order valence-corrected chi connectivity index (χ3v) is 8.47. The third-order valence-electron chi connectivity index (χ3n) is 5.34. The van der Waals surface area contributed by atoms with Crippen LogP contribution in [0.2, 0.25) is 0 Å². The van der Waals surface area contributed by atoms with Crippen LogP contribution >= 0.6 is 34.0 Å². The molecule has 5 nitrogen and oxygen atoms in total. The number of thiophene rings is 1. The van der Waals surface area contributed by atoms with Gasteiger partial charge >= 0.3 is 0 Å². The molecule has 0 unspecified atom stereocenters. The van der Waals surface area contributed by atoms with E-state index in [1.165, 1.54) is 11.3 Å². The average molecular weight is 467 g/mol. The van der Waals surface area contributed by atoms with Crippen LogP contribution in [0.3, 0.4) is 0 Å². The maximum atomic E-state index is 13.1. The zero-order valence-corrected chi connectivity index (χ0v) is 19.6. The lowest BCUT2D eigenvalue weighted by atomic mass is 10.2. The van der Waals surface area contributed by atoms with E-state index in [0.29, 0.717) is 0 Å². The van der Waals surface area contributed by atoms with Gasteiger partial charge in [-0.2, -0.15) is 0 Å². The summed E-state index contributed by atoms with van der Waals surface area (Å²) in [5.74, 6) is 0.109. The van der Waals surface area contributed by atoms with Gasteiger partial charge in [0.25, 0.3) is 5.91 Å². The summed E-state index contributed by atoms with van der Waals surface area (Å²) in [5.41, 5.74) is 3.09. The Balaban J connectivity index is 1.19. The first kappa shape index (κ1) is 20.5. The second-order valence-electron chi connectivity index (χ2n) is 7.49. The number of thiazole rings is 2. The highest BCUT2D eigenvalue weighted by Crippen LogP contribution is 2.32. The zero-order chi connectivity index (χ0) is 21.2. The monoisotopic (exact) mass is 466 g/mol. The summed E-state index contributed by atoms with van der Waals surface area (Å²) in [4.78, 5) is 28.8. The third kappa shape index (κ3) is 4.48. The fourth-order valence-corrected chi connectivity index (χ4v) is 6.32. The van der Waals surface area contributed by atoms with Crippen LogP contribution in [0.15, 0.2) is 53.2 Å². The minimum atomic E-state index is 0.109. The summed E-state index contributed by atoms with van der Waals surface area (Å²) >= 11 is 4.86. The number of nitrogens with zero attached hydrogens (tertiary/aromatic N) is 4. The molecular weight excluding hydrogens is 444 g/mol. The Morgan fingerprint density at radius 2 is 1.77 bits per heavy atom. The van der Waals surface area contributed by atoms with E-state index in [4.69, 9.17) is 4.98 Å². The molecule has 4 aromatic rings. The van der Waals surface area contributed by atoms with Gasteiger partial charge < -0.3 is 4.90 Å². The summed E-state index contributed by atoms with van der Waals surface area (Å²) in [6.45, 7) is 5.96. The van der Waals surface area contributed by atoms with Gasteiger partial charge in [-0.1, -0.05) is 36.4 Å². The van der Waals surface area contributed by atoms with E-state index in [2.05, 4.69) is 33.5 Å². The minimum Gasteiger partial charge on any atom is -0.335 e. The summed E-state index contributed by atoms with van der Waals surface area (Å²) in [6, 6.07) is 14.4. The number of benzene rings is 1. The molecule has 0 bridgehead atoms. The summed E-state index contributed by atoms with van der Waals surface area (Å²) in [5, 5.41) is 6.18. The Hall–Kier alpha value is -2.39. The number of hydrogen-bond acceptors (Lipinski definition) is 7. The van der Waals surface area contributed by atoms with E-state index >= 15 is 0 Å². The van der Waals surface area contributed by atoms with Crippen LogP contribution in [0.4, 0.5) is 0 Å². The van der Waals surface area contributed by atoms with Gasteiger partial charge in [0, 0.05) is 43.7 Å². The van der Waals surface area contributed by atoms with Gasteiger partial charge in [-0.15, -0.1) is 34.0 Å². The molecule has 3 aromatic heterocycles.